The van der Waals surface area contributed by atoms with Crippen molar-refractivity contribution in [3.63, 3.8) is 0 Å². The van der Waals surface area contributed by atoms with E-state index in [1.807, 2.05) is 17.2 Å². The average molecular weight is 299 g/mol. The van der Waals surface area contributed by atoms with Crippen LogP contribution < -0.4 is 5.73 Å². The lowest BCUT2D eigenvalue weighted by molar-refractivity contribution is -0.132. The van der Waals surface area contributed by atoms with Crippen LogP contribution >= 0.6 is 23.1 Å². The van der Waals surface area contributed by atoms with E-state index in [2.05, 4.69) is 4.98 Å². The number of thiazole rings is 1. The van der Waals surface area contributed by atoms with Gasteiger partial charge in [0.1, 0.15) is 0 Å². The molecule has 1 aromatic rings. The Bertz CT molecular complexity index is 467. The highest BCUT2D eigenvalue weighted by molar-refractivity contribution is 8.01. The minimum absolute atomic E-state index is 0.0710. The zero-order valence-electron chi connectivity index (χ0n) is 10.8. The molecule has 0 aromatic carbocycles. The topological polar surface area (TPSA) is 76.3 Å². The molecule has 1 aromatic heterocycles. The quantitative estimate of drug-likeness (QED) is 0.849. The van der Waals surface area contributed by atoms with E-state index in [1.54, 1.807) is 11.3 Å². The van der Waals surface area contributed by atoms with Crippen LogP contribution in [-0.4, -0.2) is 40.5 Å². The van der Waals surface area contributed by atoms with E-state index in [0.29, 0.717) is 31.7 Å². The Labute approximate surface area is 120 Å². The van der Waals surface area contributed by atoms with Gasteiger partial charge >= 0.3 is 0 Å². The van der Waals surface area contributed by atoms with E-state index >= 15 is 0 Å². The average Bonchev–Trinajstić information content (AvgIpc) is 2.82. The number of hydrogen-bond acceptors (Lipinski definition) is 5. The zero-order chi connectivity index (χ0) is 13.8. The van der Waals surface area contributed by atoms with Gasteiger partial charge in [0.25, 0.3) is 0 Å². The first-order valence-corrected chi connectivity index (χ1v) is 8.05. The van der Waals surface area contributed by atoms with Crippen molar-refractivity contribution in [2.45, 2.75) is 24.1 Å². The Balaban J connectivity index is 1.77. The van der Waals surface area contributed by atoms with E-state index in [0.717, 1.165) is 10.0 Å². The van der Waals surface area contributed by atoms with Gasteiger partial charge in [-0.15, -0.1) is 11.3 Å². The van der Waals surface area contributed by atoms with Gasteiger partial charge in [0.2, 0.25) is 11.8 Å². The summed E-state index contributed by atoms with van der Waals surface area (Å²) in [5.74, 6) is 0.201. The molecule has 2 N–H and O–H groups in total. The zero-order valence-corrected chi connectivity index (χ0v) is 12.4. The van der Waals surface area contributed by atoms with Gasteiger partial charge in [-0.05, 0) is 19.8 Å². The van der Waals surface area contributed by atoms with Gasteiger partial charge in [-0.25, -0.2) is 4.98 Å². The highest BCUT2D eigenvalue weighted by atomic mass is 32.2. The first-order valence-electron chi connectivity index (χ1n) is 6.18. The maximum atomic E-state index is 12.0. The minimum Gasteiger partial charge on any atom is -0.369 e. The molecule has 2 rings (SSSR count). The Kier molecular flexibility index (Phi) is 4.81. The fourth-order valence-electron chi connectivity index (χ4n) is 2.03. The maximum Gasteiger partial charge on any atom is 0.233 e. The predicted molar refractivity (Wildman–Crippen MR) is 76.1 cm³/mol. The van der Waals surface area contributed by atoms with Crippen LogP contribution in [0.2, 0.25) is 0 Å². The Morgan fingerprint density at radius 3 is 2.74 bits per heavy atom. The number of aryl methyl sites for hydroxylation is 1. The van der Waals surface area contributed by atoms with Crippen molar-refractivity contribution >= 4 is 34.9 Å². The molecule has 7 heteroatoms. The normalized spacial score (nSPS) is 16.6. The van der Waals surface area contributed by atoms with Gasteiger partial charge in [-0.1, -0.05) is 11.8 Å². The molecule has 0 radical (unpaired) electrons. The smallest absolute Gasteiger partial charge is 0.233 e. The first kappa shape index (κ1) is 14.3. The molecule has 1 aliphatic rings. The van der Waals surface area contributed by atoms with Gasteiger partial charge in [0.15, 0.2) is 4.34 Å². The largest absolute Gasteiger partial charge is 0.369 e. The summed E-state index contributed by atoms with van der Waals surface area (Å²) in [6.45, 7) is 3.20. The Morgan fingerprint density at radius 1 is 1.53 bits per heavy atom. The molecular weight excluding hydrogens is 282 g/mol. The summed E-state index contributed by atoms with van der Waals surface area (Å²) < 4.78 is 0.929. The molecule has 0 saturated carbocycles. The minimum atomic E-state index is -0.250. The lowest BCUT2D eigenvalue weighted by Gasteiger charge is -2.30. The third-order valence-corrected chi connectivity index (χ3v) is 5.29. The number of piperidine rings is 1. The van der Waals surface area contributed by atoms with Crippen molar-refractivity contribution in [2.24, 2.45) is 11.7 Å². The second-order valence-electron chi connectivity index (χ2n) is 4.60. The number of likely N-dealkylation sites (tertiary alicyclic amines) is 1. The number of primary amides is 1. The number of carbonyl (C=O) groups excluding carboxylic acids is 2. The van der Waals surface area contributed by atoms with Crippen LogP contribution in [0.25, 0.3) is 0 Å². The number of amides is 2. The molecule has 104 valence electrons. The Morgan fingerprint density at radius 2 is 2.21 bits per heavy atom. The van der Waals surface area contributed by atoms with Crippen molar-refractivity contribution in [1.82, 2.24) is 9.88 Å². The molecule has 0 bridgehead atoms. The lowest BCUT2D eigenvalue weighted by atomic mass is 9.96. The lowest BCUT2D eigenvalue weighted by Crippen LogP contribution is -2.42. The summed E-state index contributed by atoms with van der Waals surface area (Å²) in [4.78, 5) is 29.2. The third kappa shape index (κ3) is 3.94. The van der Waals surface area contributed by atoms with Crippen LogP contribution in [0.15, 0.2) is 9.72 Å². The van der Waals surface area contributed by atoms with Gasteiger partial charge in [0.05, 0.1) is 5.75 Å². The molecule has 1 aliphatic heterocycles. The molecule has 2 amide bonds. The summed E-state index contributed by atoms with van der Waals surface area (Å²) in [5, 5.41) is 1.98. The number of nitrogens with zero attached hydrogens (tertiary/aromatic N) is 2. The van der Waals surface area contributed by atoms with E-state index < -0.39 is 0 Å². The summed E-state index contributed by atoms with van der Waals surface area (Å²) in [5.41, 5.74) is 6.26. The van der Waals surface area contributed by atoms with Crippen LogP contribution in [0.4, 0.5) is 0 Å². The third-order valence-electron chi connectivity index (χ3n) is 3.17. The number of aromatic nitrogens is 1. The van der Waals surface area contributed by atoms with Crippen LogP contribution in [0.5, 0.6) is 0 Å². The van der Waals surface area contributed by atoms with Crippen molar-refractivity contribution in [3.8, 4) is 0 Å². The van der Waals surface area contributed by atoms with Crippen LogP contribution in [0, 0.1) is 12.8 Å². The highest BCUT2D eigenvalue weighted by Gasteiger charge is 2.25. The number of rotatable bonds is 4. The fourth-order valence-corrected chi connectivity index (χ4v) is 3.78. The van der Waals surface area contributed by atoms with E-state index in [1.165, 1.54) is 11.8 Å². The molecule has 0 spiro atoms. The van der Waals surface area contributed by atoms with Gasteiger partial charge in [-0.2, -0.15) is 0 Å². The number of carbonyl (C=O) groups is 2. The summed E-state index contributed by atoms with van der Waals surface area (Å²) in [6.07, 6.45) is 1.37. The summed E-state index contributed by atoms with van der Waals surface area (Å²) in [6, 6.07) is 0. The summed E-state index contributed by atoms with van der Waals surface area (Å²) in [7, 11) is 0. The molecule has 1 fully saturated rings. The molecule has 0 unspecified atom stereocenters. The molecule has 19 heavy (non-hydrogen) atoms. The van der Waals surface area contributed by atoms with Gasteiger partial charge < -0.3 is 10.6 Å². The highest BCUT2D eigenvalue weighted by Crippen LogP contribution is 2.23. The second-order valence-corrected chi connectivity index (χ2v) is 6.68. The van der Waals surface area contributed by atoms with Crippen molar-refractivity contribution < 1.29 is 9.59 Å². The molecule has 1 saturated heterocycles. The second kappa shape index (κ2) is 6.38. The molecule has 0 aliphatic carbocycles. The molecular formula is C12H17N3O2S2. The van der Waals surface area contributed by atoms with E-state index in [-0.39, 0.29) is 17.7 Å². The maximum absolute atomic E-state index is 12.0. The Hall–Kier alpha value is -1.08. The number of thioether (sulfide) groups is 1. The van der Waals surface area contributed by atoms with Crippen LogP contribution in [0.3, 0.4) is 0 Å². The van der Waals surface area contributed by atoms with Gasteiger partial charge in [-0.3, -0.25) is 9.59 Å². The number of nitrogens with two attached hydrogens (primary N) is 1. The van der Waals surface area contributed by atoms with Crippen molar-refractivity contribution in [3.05, 3.63) is 11.1 Å². The van der Waals surface area contributed by atoms with Crippen LogP contribution in [-0.2, 0) is 9.59 Å². The van der Waals surface area contributed by atoms with Crippen molar-refractivity contribution in [2.75, 3.05) is 18.8 Å². The molecule has 5 nitrogen and oxygen atoms in total. The summed E-state index contributed by atoms with van der Waals surface area (Å²) >= 11 is 3.04. The fraction of sp³-hybridized carbons (Fsp3) is 0.583. The number of hydrogen-bond donors (Lipinski definition) is 1. The van der Waals surface area contributed by atoms with E-state index in [9.17, 15) is 9.59 Å². The monoisotopic (exact) mass is 299 g/mol. The van der Waals surface area contributed by atoms with Crippen molar-refractivity contribution in [1.29, 1.82) is 0 Å². The van der Waals surface area contributed by atoms with Crippen LogP contribution in [0.1, 0.15) is 18.5 Å². The predicted octanol–water partition coefficient (Wildman–Crippen LogP) is 1.27. The van der Waals surface area contributed by atoms with E-state index in [4.69, 9.17) is 5.73 Å². The SMILES string of the molecule is Cc1csc(SCC(=O)N2CCC(C(N)=O)CC2)n1. The first-order chi connectivity index (χ1) is 9.06. The molecule has 0 atom stereocenters. The standard InChI is InChI=1S/C12H17N3O2S2/c1-8-6-18-12(14-8)19-7-10(16)15-4-2-9(3-5-15)11(13)17/h6,9H,2-5,7H2,1H3,(H2,13,17). The molecule has 2 heterocycles. The van der Waals surface area contributed by atoms with Gasteiger partial charge in [0, 0.05) is 30.1 Å².